The van der Waals surface area contributed by atoms with Crippen LogP contribution in [-0.2, 0) is 21.3 Å². The number of aromatic nitrogens is 3. The average molecular weight is 703 g/mol. The summed E-state index contributed by atoms with van der Waals surface area (Å²) in [6.45, 7) is 14.4. The van der Waals surface area contributed by atoms with Crippen molar-refractivity contribution in [1.29, 1.82) is 0 Å². The molecule has 1 aliphatic heterocycles. The minimum Gasteiger partial charge on any atom is -0.479 e. The first-order valence-electron chi connectivity index (χ1n) is 16.5. The van der Waals surface area contributed by atoms with Crippen LogP contribution >= 0.6 is 22.9 Å². The molecule has 3 aromatic carbocycles. The molecule has 0 bridgehead atoms. The maximum Gasteiger partial charge on any atom is 0.410 e. The van der Waals surface area contributed by atoms with Gasteiger partial charge in [-0.1, -0.05) is 23.7 Å². The molecule has 5 aromatic rings. The molecule has 258 valence electrons. The number of hydrogen-bond donors (Lipinski definition) is 1. The molecule has 0 aliphatic carbocycles. The third-order valence-electron chi connectivity index (χ3n) is 8.68. The van der Waals surface area contributed by atoms with Gasteiger partial charge in [-0.15, -0.1) is 11.3 Å². The number of carboxylic acid groups (broad SMARTS) is 1. The summed E-state index contributed by atoms with van der Waals surface area (Å²) in [7, 11) is 1.96. The lowest BCUT2D eigenvalue weighted by Crippen LogP contribution is -2.41. The number of carboxylic acids is 1. The molecule has 1 N–H and O–H groups in total. The van der Waals surface area contributed by atoms with Crippen molar-refractivity contribution in [2.24, 2.45) is 7.05 Å². The second-order valence-corrected chi connectivity index (χ2v) is 16.2. The number of amides is 1. The Kier molecular flexibility index (Phi) is 9.28. The lowest BCUT2D eigenvalue weighted by molar-refractivity contribution is -0.160. The summed E-state index contributed by atoms with van der Waals surface area (Å²) in [5.41, 5.74) is 5.58. The van der Waals surface area contributed by atoms with Gasteiger partial charge < -0.3 is 19.5 Å². The van der Waals surface area contributed by atoms with Crippen molar-refractivity contribution in [3.05, 3.63) is 70.4 Å². The molecule has 1 atom stereocenters. The van der Waals surface area contributed by atoms with Gasteiger partial charge in [0, 0.05) is 53.2 Å². The van der Waals surface area contributed by atoms with E-state index < -0.39 is 23.3 Å². The topological polar surface area (TPSA) is 107 Å². The van der Waals surface area contributed by atoms with Gasteiger partial charge in [0.25, 0.3) is 0 Å². The highest BCUT2D eigenvalue weighted by molar-refractivity contribution is 7.22. The van der Waals surface area contributed by atoms with E-state index >= 15 is 0 Å². The number of benzene rings is 3. The summed E-state index contributed by atoms with van der Waals surface area (Å²) >= 11 is 7.81. The Balaban J connectivity index is 1.42. The zero-order chi connectivity index (χ0) is 35.4. The number of carbonyl (C=O) groups is 2. The van der Waals surface area contributed by atoms with E-state index in [1.54, 1.807) is 4.90 Å². The number of nitrogens with zero attached hydrogens (tertiary/aromatic N) is 4. The molecule has 0 spiro atoms. The summed E-state index contributed by atoms with van der Waals surface area (Å²) < 4.78 is 14.6. The van der Waals surface area contributed by atoms with E-state index in [0.717, 1.165) is 66.9 Å². The zero-order valence-electron chi connectivity index (χ0n) is 29.3. The first-order chi connectivity index (χ1) is 23.0. The normalized spacial score (nSPS) is 15.2. The van der Waals surface area contributed by atoms with Gasteiger partial charge in [0.15, 0.2) is 6.10 Å². The van der Waals surface area contributed by atoms with E-state index in [-0.39, 0.29) is 12.0 Å². The number of likely N-dealkylation sites (tertiary alicyclic amines) is 1. The predicted octanol–water partition coefficient (Wildman–Crippen LogP) is 9.53. The molecule has 1 aliphatic rings. The van der Waals surface area contributed by atoms with Crippen molar-refractivity contribution in [3.8, 4) is 21.7 Å². The van der Waals surface area contributed by atoms with E-state index in [1.165, 1.54) is 11.3 Å². The van der Waals surface area contributed by atoms with Crippen molar-refractivity contribution in [2.45, 2.75) is 84.5 Å². The minimum atomic E-state index is -1.18. The standard InChI is InChI=1S/C38H43ClN4O5S/c1-21-19-27-33(30(22-9-12-25(39)13-10-22)29(21)32(35(44)45)47-37(2,3)4)49-34(40-27)24-11-14-28-26(20-24)31(41-42(28)8)23-15-17-43(18-16-23)36(46)48-38(5,6)7/h9-14,19-20,23,32H,15-18H2,1-8H3,(H,44,45). The van der Waals surface area contributed by atoms with Crippen LogP contribution < -0.4 is 0 Å². The molecule has 1 saturated heterocycles. The molecule has 0 saturated carbocycles. The Hall–Kier alpha value is -3.99. The summed E-state index contributed by atoms with van der Waals surface area (Å²) in [6.07, 6.45) is 0.137. The smallest absolute Gasteiger partial charge is 0.410 e. The zero-order valence-corrected chi connectivity index (χ0v) is 30.8. The van der Waals surface area contributed by atoms with Gasteiger partial charge in [0.1, 0.15) is 10.6 Å². The second-order valence-electron chi connectivity index (χ2n) is 14.8. The number of fused-ring (bicyclic) bond motifs is 2. The fourth-order valence-electron chi connectivity index (χ4n) is 6.55. The number of carbonyl (C=O) groups excluding carboxylic acids is 1. The van der Waals surface area contributed by atoms with Gasteiger partial charge >= 0.3 is 12.1 Å². The third-order valence-corrected chi connectivity index (χ3v) is 10.1. The largest absolute Gasteiger partial charge is 0.479 e. The number of piperidine rings is 1. The molecule has 0 radical (unpaired) electrons. The molecular formula is C38H43ClN4O5S. The van der Waals surface area contributed by atoms with Crippen LogP contribution in [0.4, 0.5) is 4.79 Å². The van der Waals surface area contributed by atoms with Crippen LogP contribution in [0.5, 0.6) is 0 Å². The number of hydrogen-bond acceptors (Lipinski definition) is 7. The molecule has 1 fully saturated rings. The summed E-state index contributed by atoms with van der Waals surface area (Å²) in [5, 5.41) is 17.8. The highest BCUT2D eigenvalue weighted by Gasteiger charge is 2.33. The van der Waals surface area contributed by atoms with Gasteiger partial charge in [-0.25, -0.2) is 14.6 Å². The van der Waals surface area contributed by atoms with Crippen molar-refractivity contribution in [2.75, 3.05) is 13.1 Å². The Labute approximate surface area is 295 Å². The first-order valence-corrected chi connectivity index (χ1v) is 17.7. The van der Waals surface area contributed by atoms with Gasteiger partial charge in [-0.05, 0) is 109 Å². The van der Waals surface area contributed by atoms with E-state index in [2.05, 4.69) is 18.2 Å². The SMILES string of the molecule is Cc1cc2nc(-c3ccc4c(c3)c(C3CCN(C(=O)OC(C)(C)C)CC3)nn4C)sc2c(-c2ccc(Cl)cc2)c1C(OC(C)(C)C)C(=O)O. The summed E-state index contributed by atoms with van der Waals surface area (Å²) in [5.74, 6) is -0.852. The Morgan fingerprint density at radius 3 is 2.24 bits per heavy atom. The van der Waals surface area contributed by atoms with E-state index in [0.29, 0.717) is 23.7 Å². The summed E-state index contributed by atoms with van der Waals surface area (Å²) in [4.78, 5) is 32.3. The average Bonchev–Trinajstić information content (AvgIpc) is 3.59. The lowest BCUT2D eigenvalue weighted by atomic mass is 9.91. The Morgan fingerprint density at radius 2 is 1.63 bits per heavy atom. The molecule has 49 heavy (non-hydrogen) atoms. The third kappa shape index (κ3) is 7.32. The number of aryl methyl sites for hydroxylation is 2. The molecule has 9 nitrogen and oxygen atoms in total. The fraction of sp³-hybridized carbons (Fsp3) is 0.421. The fourth-order valence-corrected chi connectivity index (χ4v) is 7.80. The highest BCUT2D eigenvalue weighted by atomic mass is 35.5. The Bertz CT molecular complexity index is 2050. The monoisotopic (exact) mass is 702 g/mol. The van der Waals surface area contributed by atoms with Crippen molar-refractivity contribution in [1.82, 2.24) is 19.7 Å². The van der Waals surface area contributed by atoms with E-state index in [9.17, 15) is 14.7 Å². The van der Waals surface area contributed by atoms with Crippen LogP contribution in [0.1, 0.15) is 83.2 Å². The van der Waals surface area contributed by atoms with Crippen LogP contribution in [0.2, 0.25) is 5.02 Å². The van der Waals surface area contributed by atoms with Crippen LogP contribution in [-0.4, -0.2) is 61.1 Å². The number of thiazole rings is 1. The second kappa shape index (κ2) is 13.0. The van der Waals surface area contributed by atoms with Gasteiger partial charge in [0.05, 0.1) is 27.0 Å². The van der Waals surface area contributed by atoms with Crippen molar-refractivity contribution >= 4 is 56.1 Å². The quantitative estimate of drug-likeness (QED) is 0.188. The van der Waals surface area contributed by atoms with E-state index in [4.69, 9.17) is 31.2 Å². The lowest BCUT2D eigenvalue weighted by Gasteiger charge is -2.33. The van der Waals surface area contributed by atoms with E-state index in [1.807, 2.05) is 90.5 Å². The minimum absolute atomic E-state index is 0.200. The van der Waals surface area contributed by atoms with Crippen molar-refractivity contribution in [3.63, 3.8) is 0 Å². The molecule has 3 heterocycles. The molecule has 1 amide bonds. The van der Waals surface area contributed by atoms with Crippen LogP contribution in [0.3, 0.4) is 0 Å². The Morgan fingerprint density at radius 1 is 0.980 bits per heavy atom. The highest BCUT2D eigenvalue weighted by Crippen LogP contribution is 2.45. The van der Waals surface area contributed by atoms with Gasteiger partial charge in [-0.3, -0.25) is 4.68 Å². The van der Waals surface area contributed by atoms with Crippen LogP contribution in [0.25, 0.3) is 42.8 Å². The molecule has 2 aromatic heterocycles. The number of aliphatic carboxylic acids is 1. The first kappa shape index (κ1) is 34.9. The predicted molar refractivity (Wildman–Crippen MR) is 196 cm³/mol. The van der Waals surface area contributed by atoms with Crippen LogP contribution in [0, 0.1) is 6.92 Å². The molecule has 11 heteroatoms. The maximum atomic E-state index is 12.7. The number of halogens is 1. The summed E-state index contributed by atoms with van der Waals surface area (Å²) in [6, 6.07) is 15.7. The maximum absolute atomic E-state index is 12.7. The molecular weight excluding hydrogens is 660 g/mol. The van der Waals surface area contributed by atoms with Gasteiger partial charge in [-0.2, -0.15) is 5.10 Å². The van der Waals surface area contributed by atoms with Gasteiger partial charge in [0.2, 0.25) is 0 Å². The van der Waals surface area contributed by atoms with Crippen LogP contribution in [0.15, 0.2) is 48.5 Å². The molecule has 1 unspecified atom stereocenters. The molecule has 6 rings (SSSR count). The van der Waals surface area contributed by atoms with Crippen molar-refractivity contribution < 1.29 is 24.2 Å². The number of rotatable bonds is 6. The number of ether oxygens (including phenoxy) is 2.